The van der Waals surface area contributed by atoms with Crippen LogP contribution < -0.4 is 20.5 Å². The number of nitrogens with one attached hydrogen (secondary N) is 2. The Morgan fingerprint density at radius 1 is 1.22 bits per heavy atom. The van der Waals surface area contributed by atoms with Crippen LogP contribution in [-0.4, -0.2) is 44.2 Å². The lowest BCUT2D eigenvalue weighted by Crippen LogP contribution is -2.27. The Labute approximate surface area is 210 Å². The van der Waals surface area contributed by atoms with Crippen molar-refractivity contribution in [3.05, 3.63) is 75.1 Å². The zero-order valence-electron chi connectivity index (χ0n) is 19.5. The summed E-state index contributed by atoms with van der Waals surface area (Å²) >= 11 is 6.46. The number of rotatable bonds is 7. The Hall–Kier alpha value is -4.25. The lowest BCUT2D eigenvalue weighted by atomic mass is 10.1. The monoisotopic (exact) mass is 507 g/mol. The normalized spacial score (nSPS) is 14.1. The number of hydrogen-bond acceptors (Lipinski definition) is 9. The van der Waals surface area contributed by atoms with Gasteiger partial charge in [-0.2, -0.15) is 15.0 Å². The van der Waals surface area contributed by atoms with Gasteiger partial charge >= 0.3 is 6.09 Å². The van der Waals surface area contributed by atoms with Crippen LogP contribution in [0.1, 0.15) is 30.0 Å². The number of pyridine rings is 2. The number of fused-ring (bicyclic) bond motifs is 1. The molecule has 5 rings (SSSR count). The van der Waals surface area contributed by atoms with Crippen LogP contribution in [0.5, 0.6) is 5.75 Å². The maximum atomic E-state index is 12.9. The number of amides is 1. The predicted molar refractivity (Wildman–Crippen MR) is 133 cm³/mol. The molecule has 11 nitrogen and oxygen atoms in total. The standard InChI is InChI=1S/C24H22ClN7O4/c1-13(27-22-28-14(2)29-23(31-22)32-7-8-35-24(32)34)17-9-15-10-18(25)20(11-19(15)30-21(17)33)36-12-16-5-3-4-6-26-16/h3-6,9-11,13H,7-8,12H2,1-2H3,(H,30,33)(H,27,28,29,31)/t13-/m1/s1. The highest BCUT2D eigenvalue weighted by Gasteiger charge is 2.27. The van der Waals surface area contributed by atoms with E-state index < -0.39 is 12.1 Å². The third kappa shape index (κ3) is 4.91. The Kier molecular flexibility index (Phi) is 6.38. The molecule has 1 aliphatic heterocycles. The Morgan fingerprint density at radius 3 is 2.83 bits per heavy atom. The summed E-state index contributed by atoms with van der Waals surface area (Å²) < 4.78 is 10.8. The SMILES string of the molecule is Cc1nc(N[C@H](C)c2cc3cc(Cl)c(OCc4ccccn4)cc3[nH]c2=O)nc(N2CCOC2=O)n1. The summed E-state index contributed by atoms with van der Waals surface area (Å²) in [6, 6.07) is 10.3. The lowest BCUT2D eigenvalue weighted by molar-refractivity contribution is 0.181. The van der Waals surface area contributed by atoms with Crippen LogP contribution in [0, 0.1) is 6.92 Å². The molecule has 36 heavy (non-hydrogen) atoms. The molecule has 184 valence electrons. The topological polar surface area (TPSA) is 135 Å². The second-order valence-electron chi connectivity index (χ2n) is 8.17. The summed E-state index contributed by atoms with van der Waals surface area (Å²) in [4.78, 5) is 46.1. The van der Waals surface area contributed by atoms with E-state index in [1.54, 1.807) is 31.3 Å². The molecule has 1 aromatic carbocycles. The largest absolute Gasteiger partial charge is 0.486 e. The fourth-order valence-electron chi connectivity index (χ4n) is 3.79. The number of H-pyrrole nitrogens is 1. The minimum absolute atomic E-state index is 0.192. The second-order valence-corrected chi connectivity index (χ2v) is 8.58. The summed E-state index contributed by atoms with van der Waals surface area (Å²) in [5.74, 6) is 1.29. The van der Waals surface area contributed by atoms with Gasteiger partial charge in [0.2, 0.25) is 11.9 Å². The van der Waals surface area contributed by atoms with Gasteiger partial charge in [-0.3, -0.25) is 9.78 Å². The average Bonchev–Trinajstić information content (AvgIpc) is 3.29. The summed E-state index contributed by atoms with van der Waals surface area (Å²) in [5.41, 5.74) is 1.52. The first-order valence-corrected chi connectivity index (χ1v) is 11.6. The van der Waals surface area contributed by atoms with Crippen LogP contribution in [0.25, 0.3) is 10.9 Å². The number of cyclic esters (lactones) is 1. The highest BCUT2D eigenvalue weighted by atomic mass is 35.5. The quantitative estimate of drug-likeness (QED) is 0.383. The first-order chi connectivity index (χ1) is 17.4. The molecule has 1 atom stereocenters. The van der Waals surface area contributed by atoms with E-state index in [1.165, 1.54) is 4.90 Å². The van der Waals surface area contributed by atoms with E-state index >= 15 is 0 Å². The molecule has 0 spiro atoms. The molecule has 1 fully saturated rings. The number of aromatic nitrogens is 5. The van der Waals surface area contributed by atoms with E-state index in [9.17, 15) is 9.59 Å². The minimum atomic E-state index is -0.508. The molecule has 1 amide bonds. The van der Waals surface area contributed by atoms with E-state index in [2.05, 4.69) is 30.2 Å². The summed E-state index contributed by atoms with van der Waals surface area (Å²) in [7, 11) is 0. The summed E-state index contributed by atoms with van der Waals surface area (Å²) in [6.07, 6.45) is 1.18. The van der Waals surface area contributed by atoms with Crippen molar-refractivity contribution < 1.29 is 14.3 Å². The molecule has 4 aromatic rings. The highest BCUT2D eigenvalue weighted by molar-refractivity contribution is 6.32. The molecular formula is C24H22ClN7O4. The molecule has 1 aliphatic rings. The lowest BCUT2D eigenvalue weighted by Gasteiger charge is -2.17. The second kappa shape index (κ2) is 9.78. The first-order valence-electron chi connectivity index (χ1n) is 11.2. The molecule has 2 N–H and O–H groups in total. The molecule has 0 unspecified atom stereocenters. The number of carbonyl (C=O) groups excluding carboxylic acids is 1. The number of aryl methyl sites for hydroxylation is 1. The number of ether oxygens (including phenoxy) is 2. The van der Waals surface area contributed by atoms with Crippen LogP contribution in [0.3, 0.4) is 0 Å². The summed E-state index contributed by atoms with van der Waals surface area (Å²) in [6.45, 7) is 4.38. The fraction of sp³-hybridized carbons (Fsp3) is 0.250. The van der Waals surface area contributed by atoms with Crippen LogP contribution in [-0.2, 0) is 11.3 Å². The predicted octanol–water partition coefficient (Wildman–Crippen LogP) is 3.78. The van der Waals surface area contributed by atoms with Gasteiger partial charge in [-0.25, -0.2) is 9.69 Å². The maximum Gasteiger partial charge on any atom is 0.416 e. The number of halogens is 1. The van der Waals surface area contributed by atoms with E-state index in [0.29, 0.717) is 34.2 Å². The molecular weight excluding hydrogens is 486 g/mol. The van der Waals surface area contributed by atoms with Crippen LogP contribution in [0.2, 0.25) is 5.02 Å². The zero-order chi connectivity index (χ0) is 25.2. The molecule has 0 radical (unpaired) electrons. The van der Waals surface area contributed by atoms with Crippen molar-refractivity contribution in [1.82, 2.24) is 24.9 Å². The van der Waals surface area contributed by atoms with Crippen molar-refractivity contribution in [2.45, 2.75) is 26.5 Å². The Morgan fingerprint density at radius 2 is 2.08 bits per heavy atom. The van der Waals surface area contributed by atoms with Crippen molar-refractivity contribution in [2.75, 3.05) is 23.4 Å². The number of hydrogen-bond donors (Lipinski definition) is 2. The summed E-state index contributed by atoms with van der Waals surface area (Å²) in [5, 5.41) is 4.27. The number of aromatic amines is 1. The van der Waals surface area contributed by atoms with E-state index in [-0.39, 0.29) is 30.7 Å². The fourth-order valence-corrected chi connectivity index (χ4v) is 4.02. The molecule has 1 saturated heterocycles. The first kappa shape index (κ1) is 23.5. The maximum absolute atomic E-state index is 12.9. The van der Waals surface area contributed by atoms with Crippen molar-refractivity contribution in [2.24, 2.45) is 0 Å². The van der Waals surface area contributed by atoms with Crippen molar-refractivity contribution in [1.29, 1.82) is 0 Å². The van der Waals surface area contributed by atoms with Crippen LogP contribution >= 0.6 is 11.6 Å². The number of carbonyl (C=O) groups is 1. The van der Waals surface area contributed by atoms with E-state index in [0.717, 1.165) is 11.1 Å². The van der Waals surface area contributed by atoms with Crippen molar-refractivity contribution >= 4 is 40.5 Å². The Balaban J connectivity index is 1.38. The third-order valence-electron chi connectivity index (χ3n) is 5.58. The molecule has 12 heteroatoms. The Bertz CT molecular complexity index is 1500. The molecule has 0 bridgehead atoms. The smallest absolute Gasteiger partial charge is 0.416 e. The van der Waals surface area contributed by atoms with Gasteiger partial charge in [0.1, 0.15) is 24.8 Å². The molecule has 0 aliphatic carbocycles. The van der Waals surface area contributed by atoms with Crippen molar-refractivity contribution in [3.63, 3.8) is 0 Å². The van der Waals surface area contributed by atoms with E-state index in [4.69, 9.17) is 21.1 Å². The molecule has 4 heterocycles. The van der Waals surface area contributed by atoms with Gasteiger partial charge in [-0.05, 0) is 38.1 Å². The number of benzene rings is 1. The van der Waals surface area contributed by atoms with Gasteiger partial charge in [0, 0.05) is 23.2 Å². The molecule has 3 aromatic heterocycles. The minimum Gasteiger partial charge on any atom is -0.486 e. The van der Waals surface area contributed by atoms with Crippen molar-refractivity contribution in [3.8, 4) is 5.75 Å². The van der Waals surface area contributed by atoms with Gasteiger partial charge in [-0.1, -0.05) is 17.7 Å². The van der Waals surface area contributed by atoms with Crippen LogP contribution in [0.4, 0.5) is 16.7 Å². The van der Waals surface area contributed by atoms with Crippen LogP contribution in [0.15, 0.2) is 47.4 Å². The van der Waals surface area contributed by atoms with Gasteiger partial charge in [0.25, 0.3) is 5.56 Å². The van der Waals surface area contributed by atoms with Gasteiger partial charge < -0.3 is 19.8 Å². The third-order valence-corrected chi connectivity index (χ3v) is 5.87. The zero-order valence-corrected chi connectivity index (χ0v) is 20.2. The van der Waals surface area contributed by atoms with Gasteiger partial charge in [-0.15, -0.1) is 0 Å². The van der Waals surface area contributed by atoms with Gasteiger partial charge in [0.15, 0.2) is 0 Å². The molecule has 0 saturated carbocycles. The highest BCUT2D eigenvalue weighted by Crippen LogP contribution is 2.30. The number of nitrogens with zero attached hydrogens (tertiary/aromatic N) is 5. The average molecular weight is 508 g/mol. The number of anilines is 2. The van der Waals surface area contributed by atoms with Gasteiger partial charge in [0.05, 0.1) is 28.8 Å². The van der Waals surface area contributed by atoms with E-state index in [1.807, 2.05) is 25.1 Å².